The van der Waals surface area contributed by atoms with E-state index >= 15 is 0 Å². The zero-order valence-electron chi connectivity index (χ0n) is 11.6. The predicted octanol–water partition coefficient (Wildman–Crippen LogP) is 3.59. The van der Waals surface area contributed by atoms with Gasteiger partial charge in [-0.2, -0.15) is 0 Å². The average Bonchev–Trinajstić information content (AvgIpc) is 2.75. The number of benzene rings is 1. The number of ether oxygens (including phenoxy) is 1. The van der Waals surface area contributed by atoms with Crippen LogP contribution in [0.5, 0.6) is 0 Å². The van der Waals surface area contributed by atoms with Crippen LogP contribution in [0.4, 0.5) is 4.79 Å². The van der Waals surface area contributed by atoms with E-state index < -0.39 is 23.2 Å². The van der Waals surface area contributed by atoms with Crippen molar-refractivity contribution in [1.29, 1.82) is 0 Å². The molecule has 8 heteroatoms. The van der Waals surface area contributed by atoms with Crippen molar-refractivity contribution in [3.63, 3.8) is 0 Å². The van der Waals surface area contributed by atoms with E-state index in [1.807, 2.05) is 0 Å². The summed E-state index contributed by atoms with van der Waals surface area (Å²) in [7, 11) is 1.20. The van der Waals surface area contributed by atoms with E-state index in [1.165, 1.54) is 26.2 Å². The van der Waals surface area contributed by atoms with E-state index in [1.54, 1.807) is 12.1 Å². The van der Waals surface area contributed by atoms with Gasteiger partial charge in [0.2, 0.25) is 0 Å². The predicted molar refractivity (Wildman–Crippen MR) is 85.8 cm³/mol. The number of hydrogen-bond acceptors (Lipinski definition) is 5. The fraction of sp³-hybridized carbons (Fsp3) is 0.214. The van der Waals surface area contributed by atoms with Gasteiger partial charge < -0.3 is 4.74 Å². The molecule has 0 saturated carbocycles. The fourth-order valence-electron chi connectivity index (χ4n) is 1.85. The Bertz CT molecular complexity index is 689. The second-order valence-electron chi connectivity index (χ2n) is 4.42. The molecule has 5 nitrogen and oxygen atoms in total. The van der Waals surface area contributed by atoms with E-state index in [-0.39, 0.29) is 4.91 Å². The molecule has 1 aliphatic rings. The summed E-state index contributed by atoms with van der Waals surface area (Å²) in [6.07, 6.45) is 1.49. The van der Waals surface area contributed by atoms with E-state index in [2.05, 4.69) is 4.74 Å². The first-order valence-electron chi connectivity index (χ1n) is 6.15. The van der Waals surface area contributed by atoms with Crippen molar-refractivity contribution in [2.24, 2.45) is 0 Å². The molecule has 1 aromatic rings. The van der Waals surface area contributed by atoms with Crippen molar-refractivity contribution in [3.05, 3.63) is 38.7 Å². The minimum Gasteiger partial charge on any atom is -0.467 e. The van der Waals surface area contributed by atoms with Gasteiger partial charge in [-0.05, 0) is 42.5 Å². The number of carbonyl (C=O) groups is 3. The molecule has 2 rings (SSSR count). The molecule has 0 unspecified atom stereocenters. The van der Waals surface area contributed by atoms with Crippen molar-refractivity contribution in [2.45, 2.75) is 13.0 Å². The Hall–Kier alpha value is -1.50. The summed E-state index contributed by atoms with van der Waals surface area (Å²) in [5, 5.41) is 0.300. The zero-order valence-corrected chi connectivity index (χ0v) is 14.0. The molecule has 0 N–H and O–H groups in total. The van der Waals surface area contributed by atoms with Gasteiger partial charge in [-0.3, -0.25) is 14.5 Å². The monoisotopic (exact) mass is 359 g/mol. The molecule has 1 aliphatic heterocycles. The van der Waals surface area contributed by atoms with E-state index in [0.717, 1.165) is 16.7 Å². The summed E-state index contributed by atoms with van der Waals surface area (Å²) in [6, 6.07) is 3.82. The topological polar surface area (TPSA) is 63.7 Å². The van der Waals surface area contributed by atoms with Crippen LogP contribution < -0.4 is 0 Å². The van der Waals surface area contributed by atoms with Gasteiger partial charge in [0.1, 0.15) is 6.04 Å². The summed E-state index contributed by atoms with van der Waals surface area (Å²) < 4.78 is 4.56. The number of thioether (sulfide) groups is 1. The Morgan fingerprint density at radius 3 is 2.64 bits per heavy atom. The molecule has 1 aromatic carbocycles. The molecular formula is C14H11Cl2NO4S. The average molecular weight is 360 g/mol. The van der Waals surface area contributed by atoms with Gasteiger partial charge >= 0.3 is 5.97 Å². The molecule has 0 aromatic heterocycles. The lowest BCUT2D eigenvalue weighted by Crippen LogP contribution is -2.42. The number of methoxy groups -OCH3 is 1. The van der Waals surface area contributed by atoms with Crippen LogP contribution in [0.3, 0.4) is 0 Å². The van der Waals surface area contributed by atoms with E-state index in [4.69, 9.17) is 23.2 Å². The van der Waals surface area contributed by atoms with Crippen LogP contribution in [0.2, 0.25) is 10.0 Å². The molecule has 1 saturated heterocycles. The third-order valence-electron chi connectivity index (χ3n) is 3.00. The second kappa shape index (κ2) is 6.73. The lowest BCUT2D eigenvalue weighted by Gasteiger charge is -2.18. The Labute approximate surface area is 141 Å². The van der Waals surface area contributed by atoms with Crippen molar-refractivity contribution in [2.75, 3.05) is 7.11 Å². The Balaban J connectivity index is 2.31. The smallest absolute Gasteiger partial charge is 0.328 e. The quantitative estimate of drug-likeness (QED) is 0.609. The van der Waals surface area contributed by atoms with Gasteiger partial charge in [0.15, 0.2) is 0 Å². The normalized spacial score (nSPS) is 18.0. The summed E-state index contributed by atoms with van der Waals surface area (Å²) in [6.45, 7) is 1.43. The molecule has 2 amide bonds. The third kappa shape index (κ3) is 3.29. The van der Waals surface area contributed by atoms with Crippen molar-refractivity contribution >= 4 is 58.2 Å². The minimum atomic E-state index is -0.982. The van der Waals surface area contributed by atoms with Crippen LogP contribution in [0.25, 0.3) is 6.08 Å². The van der Waals surface area contributed by atoms with Gasteiger partial charge in [-0.1, -0.05) is 29.3 Å². The van der Waals surface area contributed by atoms with E-state index in [9.17, 15) is 14.4 Å². The first kappa shape index (κ1) is 16.9. The van der Waals surface area contributed by atoms with Crippen LogP contribution in [0.1, 0.15) is 12.5 Å². The number of imide groups is 1. The molecule has 0 bridgehead atoms. The largest absolute Gasteiger partial charge is 0.467 e. The first-order chi connectivity index (χ1) is 10.3. The summed E-state index contributed by atoms with van der Waals surface area (Å²) >= 11 is 12.6. The van der Waals surface area contributed by atoms with Gasteiger partial charge in [-0.15, -0.1) is 0 Å². The Kier molecular flexibility index (Phi) is 5.16. The van der Waals surface area contributed by atoms with Crippen molar-refractivity contribution in [3.8, 4) is 0 Å². The summed E-state index contributed by atoms with van der Waals surface area (Å²) in [4.78, 5) is 36.8. The number of carbonyl (C=O) groups excluding carboxylic acids is 3. The number of rotatable bonds is 3. The maximum absolute atomic E-state index is 12.3. The standard InChI is InChI=1S/C14H11Cl2NO4S/c1-7(13(19)21-2)17-12(18)11(22-14(17)20)5-8-3-4-9(15)6-10(8)16/h3-7H,1-2H3/b11-5+/t7-/m1/s1. The van der Waals surface area contributed by atoms with Gasteiger partial charge in [0.25, 0.3) is 11.1 Å². The second-order valence-corrected chi connectivity index (χ2v) is 6.25. The lowest BCUT2D eigenvalue weighted by molar-refractivity contribution is -0.148. The number of amides is 2. The Morgan fingerprint density at radius 2 is 2.05 bits per heavy atom. The SMILES string of the molecule is COC(=O)[C@@H](C)N1C(=O)S/C(=C/c2ccc(Cl)cc2Cl)C1=O. The van der Waals surface area contributed by atoms with Crippen LogP contribution in [0.15, 0.2) is 23.1 Å². The maximum Gasteiger partial charge on any atom is 0.328 e. The molecule has 0 spiro atoms. The van der Waals surface area contributed by atoms with Gasteiger partial charge in [-0.25, -0.2) is 4.79 Å². The molecule has 22 heavy (non-hydrogen) atoms. The highest BCUT2D eigenvalue weighted by atomic mass is 35.5. The van der Waals surface area contributed by atoms with Crippen LogP contribution in [-0.2, 0) is 14.3 Å². The minimum absolute atomic E-state index is 0.185. The highest BCUT2D eigenvalue weighted by Gasteiger charge is 2.41. The van der Waals surface area contributed by atoms with Crippen molar-refractivity contribution in [1.82, 2.24) is 4.90 Å². The summed E-state index contributed by atoms with van der Waals surface area (Å²) in [5.41, 5.74) is 0.558. The highest BCUT2D eigenvalue weighted by molar-refractivity contribution is 8.18. The molecule has 1 heterocycles. The van der Waals surface area contributed by atoms with E-state index in [0.29, 0.717) is 15.6 Å². The highest BCUT2D eigenvalue weighted by Crippen LogP contribution is 2.35. The molecule has 116 valence electrons. The fourth-order valence-corrected chi connectivity index (χ4v) is 3.21. The Morgan fingerprint density at radius 1 is 1.36 bits per heavy atom. The number of nitrogens with zero attached hydrogens (tertiary/aromatic N) is 1. The first-order valence-corrected chi connectivity index (χ1v) is 7.72. The van der Waals surface area contributed by atoms with Gasteiger partial charge in [0.05, 0.1) is 12.0 Å². The number of esters is 1. The van der Waals surface area contributed by atoms with Crippen LogP contribution in [-0.4, -0.2) is 35.2 Å². The maximum atomic E-state index is 12.3. The van der Waals surface area contributed by atoms with Crippen LogP contribution in [0, 0.1) is 0 Å². The number of halogens is 2. The molecule has 0 radical (unpaired) electrons. The molecular weight excluding hydrogens is 349 g/mol. The molecule has 1 fully saturated rings. The molecule has 0 aliphatic carbocycles. The van der Waals surface area contributed by atoms with Crippen molar-refractivity contribution < 1.29 is 19.1 Å². The van der Waals surface area contributed by atoms with Gasteiger partial charge in [0, 0.05) is 10.0 Å². The summed E-state index contributed by atoms with van der Waals surface area (Å²) in [5.74, 6) is -1.22. The zero-order chi connectivity index (χ0) is 16.4. The number of hydrogen-bond donors (Lipinski definition) is 0. The lowest BCUT2D eigenvalue weighted by atomic mass is 10.2. The van der Waals surface area contributed by atoms with Crippen LogP contribution >= 0.6 is 35.0 Å². The third-order valence-corrected chi connectivity index (χ3v) is 4.45. The molecule has 1 atom stereocenters.